The highest BCUT2D eigenvalue weighted by Crippen LogP contribution is 2.32. The van der Waals surface area contributed by atoms with Gasteiger partial charge in [0.2, 0.25) is 0 Å². The molecule has 7 nitrogen and oxygen atoms in total. The Morgan fingerprint density at radius 1 is 1.10 bits per heavy atom. The molecule has 156 valence electrons. The minimum absolute atomic E-state index is 0.144. The van der Waals surface area contributed by atoms with E-state index in [1.54, 1.807) is 12.1 Å². The standard InChI is InChI=1S/C21H29N5O2S/c1-16-17(2)25(19-5-3-4-6-19)21(29)24(16)15-22-11-13-23(14-12-22)18-7-9-20(10-8-18)26(27)28/h7-10,19H,3-6,11-15H2,1-2H3/p+1. The SMILES string of the molecule is Cc1c(C)n(C2CCCC2)c(=S)n1C[NH+]1CCN(c2ccc([N+](=O)[O-])cc2)CC1. The van der Waals surface area contributed by atoms with Crippen molar-refractivity contribution < 1.29 is 9.82 Å². The summed E-state index contributed by atoms with van der Waals surface area (Å²) < 4.78 is 5.72. The van der Waals surface area contributed by atoms with Gasteiger partial charge in [0.1, 0.15) is 0 Å². The van der Waals surface area contributed by atoms with Crippen LogP contribution in [0.2, 0.25) is 0 Å². The van der Waals surface area contributed by atoms with Crippen molar-refractivity contribution in [2.24, 2.45) is 0 Å². The van der Waals surface area contributed by atoms with Gasteiger partial charge in [-0.3, -0.25) is 14.7 Å². The number of anilines is 1. The summed E-state index contributed by atoms with van der Waals surface area (Å²) in [5.74, 6) is 0. The van der Waals surface area contributed by atoms with E-state index >= 15 is 0 Å². The summed E-state index contributed by atoms with van der Waals surface area (Å²) in [6, 6.07) is 7.47. The second-order valence-corrected chi connectivity index (χ2v) is 8.72. The lowest BCUT2D eigenvalue weighted by molar-refractivity contribution is -0.923. The van der Waals surface area contributed by atoms with Crippen molar-refractivity contribution >= 4 is 23.6 Å². The molecular formula is C21H30N5O2S+. The van der Waals surface area contributed by atoms with Crippen LogP contribution in [-0.4, -0.2) is 40.2 Å². The van der Waals surface area contributed by atoms with Gasteiger partial charge >= 0.3 is 0 Å². The first-order chi connectivity index (χ1) is 14.0. The highest BCUT2D eigenvalue weighted by atomic mass is 32.1. The fourth-order valence-electron chi connectivity index (χ4n) is 4.81. The maximum absolute atomic E-state index is 10.8. The van der Waals surface area contributed by atoms with Crippen LogP contribution in [0.5, 0.6) is 0 Å². The number of nitrogens with zero attached hydrogens (tertiary/aromatic N) is 4. The lowest BCUT2D eigenvalue weighted by Gasteiger charge is -2.33. The Hall–Kier alpha value is -2.19. The molecule has 1 saturated carbocycles. The van der Waals surface area contributed by atoms with Crippen LogP contribution < -0.4 is 9.80 Å². The third-order valence-electron chi connectivity index (χ3n) is 6.69. The number of benzene rings is 1. The summed E-state index contributed by atoms with van der Waals surface area (Å²) in [5.41, 5.74) is 3.83. The average molecular weight is 417 g/mol. The summed E-state index contributed by atoms with van der Waals surface area (Å²) in [7, 11) is 0. The molecule has 8 heteroatoms. The molecule has 1 aliphatic carbocycles. The summed E-state index contributed by atoms with van der Waals surface area (Å²) in [4.78, 5) is 14.3. The Balaban J connectivity index is 1.42. The quantitative estimate of drug-likeness (QED) is 0.462. The number of imidazole rings is 1. The minimum atomic E-state index is -0.350. The molecule has 1 N–H and O–H groups in total. The lowest BCUT2D eigenvalue weighted by atomic mass is 10.2. The van der Waals surface area contributed by atoms with Gasteiger partial charge in [-0.15, -0.1) is 0 Å². The maximum atomic E-state index is 10.8. The molecular weight excluding hydrogens is 386 g/mol. The smallest absolute Gasteiger partial charge is 0.269 e. The molecule has 1 saturated heterocycles. The summed E-state index contributed by atoms with van der Waals surface area (Å²) in [6.45, 7) is 9.28. The fourth-order valence-corrected chi connectivity index (χ4v) is 5.30. The number of nitrogens with one attached hydrogen (secondary N) is 1. The number of quaternary nitrogens is 1. The van der Waals surface area contributed by atoms with E-state index in [1.165, 1.54) is 42.0 Å². The molecule has 0 spiro atoms. The molecule has 1 aromatic heterocycles. The second kappa shape index (κ2) is 8.28. The number of hydrogen-bond acceptors (Lipinski definition) is 4. The highest BCUT2D eigenvalue weighted by Gasteiger charge is 2.25. The predicted octanol–water partition coefficient (Wildman–Crippen LogP) is 3.02. The van der Waals surface area contributed by atoms with Crippen LogP contribution in [0.1, 0.15) is 43.1 Å². The highest BCUT2D eigenvalue weighted by molar-refractivity contribution is 7.71. The average Bonchev–Trinajstić information content (AvgIpc) is 3.32. The topological polar surface area (TPSA) is 60.7 Å². The molecule has 1 aliphatic heterocycles. The maximum Gasteiger partial charge on any atom is 0.269 e. The fraction of sp³-hybridized carbons (Fsp3) is 0.571. The van der Waals surface area contributed by atoms with Crippen LogP contribution in [0.4, 0.5) is 11.4 Å². The zero-order valence-corrected chi connectivity index (χ0v) is 18.1. The Kier molecular flexibility index (Phi) is 5.74. The third-order valence-corrected chi connectivity index (χ3v) is 7.11. The van der Waals surface area contributed by atoms with Crippen LogP contribution in [0.3, 0.4) is 0 Å². The first kappa shape index (κ1) is 20.1. The zero-order valence-electron chi connectivity index (χ0n) is 17.3. The Morgan fingerprint density at radius 2 is 1.72 bits per heavy atom. The normalized spacial score (nSPS) is 18.5. The Morgan fingerprint density at radius 3 is 2.31 bits per heavy atom. The van der Waals surface area contributed by atoms with E-state index in [0.717, 1.165) is 43.3 Å². The number of piperazine rings is 1. The Labute approximate surface area is 176 Å². The molecule has 1 aromatic carbocycles. The van der Waals surface area contributed by atoms with E-state index in [-0.39, 0.29) is 10.6 Å². The van der Waals surface area contributed by atoms with Gasteiger partial charge in [-0.05, 0) is 51.0 Å². The number of nitro groups is 1. The van der Waals surface area contributed by atoms with Gasteiger partial charge in [0, 0.05) is 35.2 Å². The molecule has 0 unspecified atom stereocenters. The Bertz CT molecular complexity index is 935. The van der Waals surface area contributed by atoms with Gasteiger partial charge in [0.25, 0.3) is 5.69 Å². The number of non-ortho nitro benzene ring substituents is 1. The number of hydrogen-bond donors (Lipinski definition) is 1. The van der Waals surface area contributed by atoms with E-state index in [0.29, 0.717) is 6.04 Å². The van der Waals surface area contributed by atoms with Crippen LogP contribution in [0, 0.1) is 28.7 Å². The number of nitro benzene ring substituents is 1. The molecule has 0 amide bonds. The second-order valence-electron chi connectivity index (χ2n) is 8.36. The van der Waals surface area contributed by atoms with Gasteiger partial charge < -0.3 is 14.4 Å². The third kappa shape index (κ3) is 3.96. The molecule has 2 fully saturated rings. The van der Waals surface area contributed by atoms with Crippen LogP contribution in [0.25, 0.3) is 0 Å². The van der Waals surface area contributed by atoms with E-state index in [1.807, 2.05) is 12.1 Å². The molecule has 2 aromatic rings. The van der Waals surface area contributed by atoms with Crippen molar-refractivity contribution in [3.8, 4) is 0 Å². The molecule has 0 bridgehead atoms. The van der Waals surface area contributed by atoms with Crippen molar-refractivity contribution in [2.75, 3.05) is 31.1 Å². The van der Waals surface area contributed by atoms with Gasteiger partial charge in [0.05, 0.1) is 31.1 Å². The van der Waals surface area contributed by atoms with Crippen LogP contribution in [0.15, 0.2) is 24.3 Å². The van der Waals surface area contributed by atoms with Crippen molar-refractivity contribution in [1.29, 1.82) is 0 Å². The monoisotopic (exact) mass is 416 g/mol. The van der Waals surface area contributed by atoms with E-state index < -0.39 is 0 Å². The molecule has 0 atom stereocenters. The molecule has 4 rings (SSSR count). The van der Waals surface area contributed by atoms with Crippen molar-refractivity contribution in [3.05, 3.63) is 50.5 Å². The van der Waals surface area contributed by atoms with E-state index in [2.05, 4.69) is 27.9 Å². The summed E-state index contributed by atoms with van der Waals surface area (Å²) in [6.07, 6.45) is 5.12. The van der Waals surface area contributed by atoms with Gasteiger partial charge in [0.15, 0.2) is 11.4 Å². The lowest BCUT2D eigenvalue weighted by Crippen LogP contribution is -3.14. The van der Waals surface area contributed by atoms with E-state index in [4.69, 9.17) is 12.2 Å². The molecule has 29 heavy (non-hydrogen) atoms. The first-order valence-electron chi connectivity index (χ1n) is 10.6. The van der Waals surface area contributed by atoms with E-state index in [9.17, 15) is 10.1 Å². The van der Waals surface area contributed by atoms with Crippen molar-refractivity contribution in [1.82, 2.24) is 9.13 Å². The van der Waals surface area contributed by atoms with Crippen molar-refractivity contribution in [2.45, 2.75) is 52.2 Å². The molecule has 2 aliphatic rings. The predicted molar refractivity (Wildman–Crippen MR) is 116 cm³/mol. The molecule has 2 heterocycles. The van der Waals surface area contributed by atoms with Gasteiger partial charge in [-0.25, -0.2) is 0 Å². The van der Waals surface area contributed by atoms with Crippen LogP contribution in [-0.2, 0) is 6.67 Å². The first-order valence-corrected chi connectivity index (χ1v) is 11.0. The van der Waals surface area contributed by atoms with Crippen molar-refractivity contribution in [3.63, 3.8) is 0 Å². The molecule has 0 radical (unpaired) electrons. The van der Waals surface area contributed by atoms with Gasteiger partial charge in [-0.2, -0.15) is 0 Å². The largest absolute Gasteiger partial charge is 0.360 e. The number of aromatic nitrogens is 2. The van der Waals surface area contributed by atoms with Crippen LogP contribution >= 0.6 is 12.2 Å². The van der Waals surface area contributed by atoms with Gasteiger partial charge in [-0.1, -0.05) is 12.8 Å². The number of rotatable bonds is 5. The summed E-state index contributed by atoms with van der Waals surface area (Å²) in [5, 5.41) is 10.8. The summed E-state index contributed by atoms with van der Waals surface area (Å²) >= 11 is 5.89. The zero-order chi connectivity index (χ0) is 20.5. The minimum Gasteiger partial charge on any atom is -0.360 e.